The molecule has 0 bridgehead atoms. The van der Waals surface area contributed by atoms with Crippen LogP contribution in [0.2, 0.25) is 0 Å². The molecule has 0 atom stereocenters. The summed E-state index contributed by atoms with van der Waals surface area (Å²) in [6.45, 7) is 3.50. The maximum Gasteiger partial charge on any atom is 0.146 e. The van der Waals surface area contributed by atoms with E-state index in [0.717, 1.165) is 24.9 Å². The number of nitrogens with zero attached hydrogens (tertiary/aromatic N) is 2. The van der Waals surface area contributed by atoms with Crippen LogP contribution >= 0.6 is 0 Å². The maximum atomic E-state index is 11.4. The highest BCUT2D eigenvalue weighted by atomic mass is 16.1. The number of Topliss-reactive ketones (excluding diaryl/α,β-unsaturated/α-hetero) is 1. The van der Waals surface area contributed by atoms with Crippen LogP contribution in [-0.4, -0.2) is 28.7 Å². The van der Waals surface area contributed by atoms with E-state index < -0.39 is 0 Å². The molecule has 1 heterocycles. The summed E-state index contributed by atoms with van der Waals surface area (Å²) in [5.74, 6) is 0.271. The van der Waals surface area contributed by atoms with E-state index in [1.807, 2.05) is 19.4 Å². The molecule has 0 saturated carbocycles. The SMILES string of the molecule is CCCNCC(=O)CCc1cnn(C)c1. The number of carbonyl (C=O) groups excluding carboxylic acids is 1. The van der Waals surface area contributed by atoms with Crippen molar-refractivity contribution in [2.75, 3.05) is 13.1 Å². The average molecular weight is 209 g/mol. The van der Waals surface area contributed by atoms with Gasteiger partial charge in [0.25, 0.3) is 0 Å². The second kappa shape index (κ2) is 6.35. The summed E-state index contributed by atoms with van der Waals surface area (Å²) in [5, 5.41) is 7.17. The first-order valence-corrected chi connectivity index (χ1v) is 5.42. The number of rotatable bonds is 7. The van der Waals surface area contributed by atoms with Crippen LogP contribution in [0.3, 0.4) is 0 Å². The van der Waals surface area contributed by atoms with Crippen molar-refractivity contribution in [3.05, 3.63) is 18.0 Å². The van der Waals surface area contributed by atoms with Crippen molar-refractivity contribution >= 4 is 5.78 Å². The molecule has 0 spiro atoms. The van der Waals surface area contributed by atoms with Crippen LogP contribution in [0.1, 0.15) is 25.3 Å². The smallest absolute Gasteiger partial charge is 0.146 e. The van der Waals surface area contributed by atoms with Crippen molar-refractivity contribution in [1.29, 1.82) is 0 Å². The Bertz CT molecular complexity index is 307. The summed E-state index contributed by atoms with van der Waals surface area (Å²) in [4.78, 5) is 11.4. The molecule has 0 aliphatic carbocycles. The fraction of sp³-hybridized carbons (Fsp3) is 0.636. The zero-order chi connectivity index (χ0) is 11.1. The van der Waals surface area contributed by atoms with E-state index in [0.29, 0.717) is 13.0 Å². The standard InChI is InChI=1S/C11H19N3O/c1-3-6-12-8-11(15)5-4-10-7-13-14(2)9-10/h7,9,12H,3-6,8H2,1-2H3. The van der Waals surface area contributed by atoms with Gasteiger partial charge in [0.1, 0.15) is 5.78 Å². The molecule has 1 aromatic rings. The quantitative estimate of drug-likeness (QED) is 0.679. The van der Waals surface area contributed by atoms with Crippen LogP contribution in [0.25, 0.3) is 0 Å². The Morgan fingerprint density at radius 3 is 3.00 bits per heavy atom. The van der Waals surface area contributed by atoms with Gasteiger partial charge in [-0.25, -0.2) is 0 Å². The van der Waals surface area contributed by atoms with E-state index in [9.17, 15) is 4.79 Å². The van der Waals surface area contributed by atoms with E-state index in [2.05, 4.69) is 17.3 Å². The number of hydrogen-bond donors (Lipinski definition) is 1. The second-order valence-electron chi connectivity index (χ2n) is 3.74. The van der Waals surface area contributed by atoms with Gasteiger partial charge in [0.15, 0.2) is 0 Å². The lowest BCUT2D eigenvalue weighted by atomic mass is 10.1. The van der Waals surface area contributed by atoms with Crippen LogP contribution in [0.4, 0.5) is 0 Å². The molecule has 4 nitrogen and oxygen atoms in total. The van der Waals surface area contributed by atoms with Crippen molar-refractivity contribution < 1.29 is 4.79 Å². The third-order valence-corrected chi connectivity index (χ3v) is 2.20. The fourth-order valence-electron chi connectivity index (χ4n) is 1.38. The van der Waals surface area contributed by atoms with Gasteiger partial charge in [0, 0.05) is 19.7 Å². The van der Waals surface area contributed by atoms with Gasteiger partial charge in [-0.3, -0.25) is 9.48 Å². The zero-order valence-corrected chi connectivity index (χ0v) is 9.49. The molecular weight excluding hydrogens is 190 g/mol. The summed E-state index contributed by atoms with van der Waals surface area (Å²) in [5.41, 5.74) is 1.13. The van der Waals surface area contributed by atoms with Gasteiger partial charge in [-0.15, -0.1) is 0 Å². The van der Waals surface area contributed by atoms with Crippen LogP contribution in [0.5, 0.6) is 0 Å². The lowest BCUT2D eigenvalue weighted by Gasteiger charge is -2.01. The summed E-state index contributed by atoms with van der Waals surface area (Å²) < 4.78 is 1.76. The molecule has 0 aromatic carbocycles. The lowest BCUT2D eigenvalue weighted by Crippen LogP contribution is -2.23. The Morgan fingerprint density at radius 1 is 1.60 bits per heavy atom. The van der Waals surface area contributed by atoms with Crippen LogP contribution in [0, 0.1) is 0 Å². The van der Waals surface area contributed by atoms with Crippen molar-refractivity contribution in [3.63, 3.8) is 0 Å². The summed E-state index contributed by atoms with van der Waals surface area (Å²) in [6.07, 6.45) is 6.22. The lowest BCUT2D eigenvalue weighted by molar-refractivity contribution is -0.118. The Morgan fingerprint density at radius 2 is 2.40 bits per heavy atom. The molecule has 4 heteroatoms. The van der Waals surface area contributed by atoms with Gasteiger partial charge in [-0.05, 0) is 24.9 Å². The first kappa shape index (κ1) is 11.9. The number of ketones is 1. The molecule has 1 rings (SSSR count). The second-order valence-corrected chi connectivity index (χ2v) is 3.74. The Labute approximate surface area is 90.7 Å². The normalized spacial score (nSPS) is 10.5. The van der Waals surface area contributed by atoms with E-state index in [1.165, 1.54) is 0 Å². The minimum absolute atomic E-state index is 0.271. The van der Waals surface area contributed by atoms with Gasteiger partial charge in [-0.1, -0.05) is 6.92 Å². The third-order valence-electron chi connectivity index (χ3n) is 2.20. The van der Waals surface area contributed by atoms with E-state index in [-0.39, 0.29) is 5.78 Å². The molecular formula is C11H19N3O. The molecule has 0 aliphatic rings. The number of nitrogens with one attached hydrogen (secondary N) is 1. The molecule has 0 saturated heterocycles. The van der Waals surface area contributed by atoms with Gasteiger partial charge in [0.05, 0.1) is 12.7 Å². The van der Waals surface area contributed by atoms with Crippen LogP contribution < -0.4 is 5.32 Å². The van der Waals surface area contributed by atoms with Gasteiger partial charge >= 0.3 is 0 Å². The highest BCUT2D eigenvalue weighted by molar-refractivity contribution is 5.80. The van der Waals surface area contributed by atoms with Crippen molar-refractivity contribution in [2.24, 2.45) is 7.05 Å². The van der Waals surface area contributed by atoms with Gasteiger partial charge in [0.2, 0.25) is 0 Å². The highest BCUT2D eigenvalue weighted by Gasteiger charge is 2.03. The predicted octanol–water partition coefficient (Wildman–Crippen LogP) is 0.921. The Balaban J connectivity index is 2.16. The molecule has 1 aromatic heterocycles. The van der Waals surface area contributed by atoms with E-state index in [1.54, 1.807) is 4.68 Å². The summed E-state index contributed by atoms with van der Waals surface area (Å²) in [7, 11) is 1.88. The average Bonchev–Trinajstić information content (AvgIpc) is 2.62. The third kappa shape index (κ3) is 4.74. The van der Waals surface area contributed by atoms with Gasteiger partial charge < -0.3 is 5.32 Å². The molecule has 0 fully saturated rings. The molecule has 1 N–H and O–H groups in total. The monoisotopic (exact) mass is 209 g/mol. The molecule has 15 heavy (non-hydrogen) atoms. The van der Waals surface area contributed by atoms with Crippen molar-refractivity contribution in [3.8, 4) is 0 Å². The molecule has 0 unspecified atom stereocenters. The van der Waals surface area contributed by atoms with Crippen LogP contribution in [0.15, 0.2) is 12.4 Å². The minimum atomic E-state index is 0.271. The number of carbonyl (C=O) groups is 1. The predicted molar refractivity (Wildman–Crippen MR) is 59.7 cm³/mol. The van der Waals surface area contributed by atoms with Gasteiger partial charge in [-0.2, -0.15) is 5.10 Å². The zero-order valence-electron chi connectivity index (χ0n) is 9.49. The Hall–Kier alpha value is -1.16. The van der Waals surface area contributed by atoms with E-state index in [4.69, 9.17) is 0 Å². The fourth-order valence-corrected chi connectivity index (χ4v) is 1.38. The minimum Gasteiger partial charge on any atom is -0.310 e. The van der Waals surface area contributed by atoms with Crippen molar-refractivity contribution in [1.82, 2.24) is 15.1 Å². The number of aromatic nitrogens is 2. The molecule has 0 amide bonds. The largest absolute Gasteiger partial charge is 0.310 e. The Kier molecular flexibility index (Phi) is 5.04. The van der Waals surface area contributed by atoms with E-state index >= 15 is 0 Å². The molecule has 0 aliphatic heterocycles. The molecule has 0 radical (unpaired) electrons. The first-order chi connectivity index (χ1) is 7.22. The topological polar surface area (TPSA) is 46.9 Å². The summed E-state index contributed by atoms with van der Waals surface area (Å²) in [6, 6.07) is 0. The number of aryl methyl sites for hydroxylation is 2. The molecule has 84 valence electrons. The first-order valence-electron chi connectivity index (χ1n) is 5.42. The summed E-state index contributed by atoms with van der Waals surface area (Å²) >= 11 is 0. The van der Waals surface area contributed by atoms with Crippen molar-refractivity contribution in [2.45, 2.75) is 26.2 Å². The highest BCUT2D eigenvalue weighted by Crippen LogP contribution is 2.00. The number of hydrogen-bond acceptors (Lipinski definition) is 3. The maximum absolute atomic E-state index is 11.4. The van der Waals surface area contributed by atoms with Crippen LogP contribution in [-0.2, 0) is 18.3 Å².